The third-order valence-electron chi connectivity index (χ3n) is 3.99. The van der Waals surface area contributed by atoms with E-state index in [-0.39, 0.29) is 5.92 Å². The van der Waals surface area contributed by atoms with Crippen LogP contribution in [0.1, 0.15) is 27.7 Å². The first kappa shape index (κ1) is 12.9. The van der Waals surface area contributed by atoms with Gasteiger partial charge in [-0.3, -0.25) is 4.79 Å². The third-order valence-corrected chi connectivity index (χ3v) is 3.99. The first-order valence-corrected chi connectivity index (χ1v) is 6.98. The topological polar surface area (TPSA) is 23.6 Å². The number of carbonyl (C=O) groups is 1. The minimum absolute atomic E-state index is 0.153. The highest BCUT2D eigenvalue weighted by Crippen LogP contribution is 2.32. The van der Waals surface area contributed by atoms with E-state index in [9.17, 15) is 4.79 Å². The van der Waals surface area contributed by atoms with Gasteiger partial charge in [0.15, 0.2) is 0 Å². The van der Waals surface area contributed by atoms with Crippen LogP contribution in [0.15, 0.2) is 0 Å². The lowest BCUT2D eigenvalue weighted by Crippen LogP contribution is -2.36. The lowest BCUT2D eigenvalue weighted by atomic mass is 10.0. The maximum atomic E-state index is 11.9. The van der Waals surface area contributed by atoms with Gasteiger partial charge in [-0.15, -0.1) is 0 Å². The first-order valence-electron chi connectivity index (χ1n) is 6.98. The predicted octanol–water partition coefficient (Wildman–Crippen LogP) is 1.69. The molecule has 3 nitrogen and oxygen atoms in total. The molecule has 2 saturated heterocycles. The summed E-state index contributed by atoms with van der Waals surface area (Å²) in [6.07, 6.45) is 0. The second kappa shape index (κ2) is 4.97. The number of likely N-dealkylation sites (tertiary alicyclic amines) is 2. The van der Waals surface area contributed by atoms with Crippen LogP contribution in [0.2, 0.25) is 0 Å². The van der Waals surface area contributed by atoms with Crippen molar-refractivity contribution in [3.05, 3.63) is 0 Å². The van der Waals surface area contributed by atoms with E-state index in [0.29, 0.717) is 5.91 Å². The highest BCUT2D eigenvalue weighted by Gasteiger charge is 2.41. The summed E-state index contributed by atoms with van der Waals surface area (Å²) in [5.41, 5.74) is 0. The van der Waals surface area contributed by atoms with E-state index < -0.39 is 0 Å². The highest BCUT2D eigenvalue weighted by molar-refractivity contribution is 5.78. The minimum atomic E-state index is 0.153. The minimum Gasteiger partial charge on any atom is -0.342 e. The van der Waals surface area contributed by atoms with Gasteiger partial charge in [0.2, 0.25) is 5.91 Å². The van der Waals surface area contributed by atoms with E-state index in [2.05, 4.69) is 23.6 Å². The Morgan fingerprint density at radius 3 is 2.00 bits per heavy atom. The smallest absolute Gasteiger partial charge is 0.225 e. The Morgan fingerprint density at radius 2 is 1.59 bits per heavy atom. The first-order chi connectivity index (χ1) is 7.97. The molecule has 3 heteroatoms. The van der Waals surface area contributed by atoms with Crippen LogP contribution in [-0.2, 0) is 4.79 Å². The van der Waals surface area contributed by atoms with Crippen molar-refractivity contribution in [2.75, 3.05) is 32.7 Å². The van der Waals surface area contributed by atoms with Crippen molar-refractivity contribution in [3.8, 4) is 0 Å². The molecule has 2 heterocycles. The molecule has 0 aromatic carbocycles. The number of fused-ring (bicyclic) bond motifs is 1. The van der Waals surface area contributed by atoms with Gasteiger partial charge in [0.25, 0.3) is 0 Å². The lowest BCUT2D eigenvalue weighted by molar-refractivity contribution is -0.133. The lowest BCUT2D eigenvalue weighted by Gasteiger charge is -2.23. The Morgan fingerprint density at radius 1 is 1.06 bits per heavy atom. The summed E-state index contributed by atoms with van der Waals surface area (Å²) in [5, 5.41) is 0. The molecule has 0 aliphatic carbocycles. The second-order valence-corrected chi connectivity index (χ2v) is 6.53. The Hall–Kier alpha value is -0.570. The normalized spacial score (nSPS) is 29.4. The van der Waals surface area contributed by atoms with Gasteiger partial charge in [-0.25, -0.2) is 0 Å². The number of hydrogen-bond acceptors (Lipinski definition) is 2. The van der Waals surface area contributed by atoms with Crippen molar-refractivity contribution in [3.63, 3.8) is 0 Å². The Bertz CT molecular complexity index is 274. The van der Waals surface area contributed by atoms with Gasteiger partial charge in [0.1, 0.15) is 0 Å². The van der Waals surface area contributed by atoms with Gasteiger partial charge in [-0.05, 0) is 17.8 Å². The van der Waals surface area contributed by atoms with Crippen LogP contribution in [0.5, 0.6) is 0 Å². The maximum Gasteiger partial charge on any atom is 0.225 e. The summed E-state index contributed by atoms with van der Waals surface area (Å²) < 4.78 is 0. The molecule has 2 rings (SSSR count). The molecule has 2 aliphatic heterocycles. The maximum absolute atomic E-state index is 11.9. The summed E-state index contributed by atoms with van der Waals surface area (Å²) >= 11 is 0. The zero-order valence-electron chi connectivity index (χ0n) is 11.6. The molecule has 2 unspecified atom stereocenters. The van der Waals surface area contributed by atoms with Crippen LogP contribution >= 0.6 is 0 Å². The number of rotatable bonds is 3. The van der Waals surface area contributed by atoms with E-state index in [4.69, 9.17) is 0 Å². The van der Waals surface area contributed by atoms with Gasteiger partial charge in [0.05, 0.1) is 0 Å². The number of nitrogens with zero attached hydrogens (tertiary/aromatic N) is 2. The van der Waals surface area contributed by atoms with Crippen molar-refractivity contribution >= 4 is 5.91 Å². The summed E-state index contributed by atoms with van der Waals surface area (Å²) in [5.74, 6) is 2.71. The van der Waals surface area contributed by atoms with Gasteiger partial charge >= 0.3 is 0 Å². The fraction of sp³-hybridized carbons (Fsp3) is 0.929. The van der Waals surface area contributed by atoms with Crippen LogP contribution in [0.4, 0.5) is 0 Å². The van der Waals surface area contributed by atoms with Gasteiger partial charge < -0.3 is 9.80 Å². The van der Waals surface area contributed by atoms with E-state index in [0.717, 1.165) is 30.8 Å². The fourth-order valence-corrected chi connectivity index (χ4v) is 3.30. The molecule has 0 saturated carbocycles. The van der Waals surface area contributed by atoms with Crippen molar-refractivity contribution in [1.29, 1.82) is 0 Å². The van der Waals surface area contributed by atoms with E-state index in [1.54, 1.807) is 0 Å². The quantitative estimate of drug-likeness (QED) is 0.747. The molecule has 98 valence electrons. The molecule has 1 amide bonds. The number of hydrogen-bond donors (Lipinski definition) is 0. The summed E-state index contributed by atoms with van der Waals surface area (Å²) in [6.45, 7) is 14.2. The van der Waals surface area contributed by atoms with Crippen molar-refractivity contribution in [1.82, 2.24) is 9.80 Å². The molecule has 2 atom stereocenters. The van der Waals surface area contributed by atoms with Crippen molar-refractivity contribution in [2.24, 2.45) is 23.7 Å². The highest BCUT2D eigenvalue weighted by atomic mass is 16.2. The SMILES string of the molecule is CC(C)CN1CC2CN(C(=O)C(C)C)CC2C1. The standard InChI is InChI=1S/C14H26N2O/c1-10(2)5-15-6-12-8-16(9-13(12)7-15)14(17)11(3)4/h10-13H,5-9H2,1-4H3. The van der Waals surface area contributed by atoms with E-state index >= 15 is 0 Å². The molecule has 0 aromatic heterocycles. The second-order valence-electron chi connectivity index (χ2n) is 6.53. The molecule has 0 aromatic rings. The molecular formula is C14H26N2O. The van der Waals surface area contributed by atoms with E-state index in [1.807, 2.05) is 13.8 Å². The molecule has 2 aliphatic rings. The predicted molar refractivity (Wildman–Crippen MR) is 69.7 cm³/mol. The van der Waals surface area contributed by atoms with Crippen LogP contribution in [-0.4, -0.2) is 48.4 Å². The number of carbonyl (C=O) groups excluding carboxylic acids is 1. The number of amides is 1. The van der Waals surface area contributed by atoms with Crippen LogP contribution < -0.4 is 0 Å². The van der Waals surface area contributed by atoms with Gasteiger partial charge in [-0.2, -0.15) is 0 Å². The van der Waals surface area contributed by atoms with Crippen LogP contribution in [0, 0.1) is 23.7 Å². The van der Waals surface area contributed by atoms with Gasteiger partial charge in [0, 0.05) is 38.6 Å². The fourth-order valence-electron chi connectivity index (χ4n) is 3.30. The molecule has 0 spiro atoms. The molecule has 0 bridgehead atoms. The Labute approximate surface area is 105 Å². The molecule has 0 radical (unpaired) electrons. The summed E-state index contributed by atoms with van der Waals surface area (Å²) in [4.78, 5) is 16.6. The average molecular weight is 238 g/mol. The largest absolute Gasteiger partial charge is 0.342 e. The zero-order valence-corrected chi connectivity index (χ0v) is 11.6. The zero-order chi connectivity index (χ0) is 12.6. The van der Waals surface area contributed by atoms with Gasteiger partial charge in [-0.1, -0.05) is 27.7 Å². The Kier molecular flexibility index (Phi) is 3.76. The van der Waals surface area contributed by atoms with Crippen LogP contribution in [0.3, 0.4) is 0 Å². The summed E-state index contributed by atoms with van der Waals surface area (Å²) in [7, 11) is 0. The summed E-state index contributed by atoms with van der Waals surface area (Å²) in [6, 6.07) is 0. The molecule has 17 heavy (non-hydrogen) atoms. The average Bonchev–Trinajstić information content (AvgIpc) is 2.72. The third kappa shape index (κ3) is 2.82. The monoisotopic (exact) mass is 238 g/mol. The van der Waals surface area contributed by atoms with E-state index in [1.165, 1.54) is 19.6 Å². The van der Waals surface area contributed by atoms with Crippen LogP contribution in [0.25, 0.3) is 0 Å². The molecule has 0 N–H and O–H groups in total. The van der Waals surface area contributed by atoms with Crippen molar-refractivity contribution in [2.45, 2.75) is 27.7 Å². The van der Waals surface area contributed by atoms with Crippen molar-refractivity contribution < 1.29 is 4.79 Å². The molecular weight excluding hydrogens is 212 g/mol. The molecule has 2 fully saturated rings. The Balaban J connectivity index is 1.85.